The Morgan fingerprint density at radius 2 is 2.06 bits per heavy atom. The number of halogens is 1. The van der Waals surface area contributed by atoms with Gasteiger partial charge < -0.3 is 14.8 Å². The molecule has 0 aromatic heterocycles. The number of amides is 1. The molecule has 0 fully saturated rings. The lowest BCUT2D eigenvalue weighted by molar-refractivity contribution is -0.114. The third-order valence-electron chi connectivity index (χ3n) is 2.09. The van der Waals surface area contributed by atoms with E-state index in [0.717, 1.165) is 0 Å². The fraction of sp³-hybridized carbons (Fsp3) is 0.333. The Kier molecular flexibility index (Phi) is 5.15. The zero-order chi connectivity index (χ0) is 13.7. The van der Waals surface area contributed by atoms with Crippen LogP contribution in [0.5, 0.6) is 5.75 Å². The molecule has 0 aliphatic rings. The smallest absolute Gasteiger partial charge is 0.341 e. The average Bonchev–Trinajstić information content (AvgIpc) is 2.31. The second-order valence-electron chi connectivity index (χ2n) is 3.43. The summed E-state index contributed by atoms with van der Waals surface area (Å²) in [4.78, 5) is 22.6. The quantitative estimate of drug-likeness (QED) is 0.867. The Bertz CT molecular complexity index is 473. The van der Waals surface area contributed by atoms with E-state index in [1.807, 2.05) is 0 Å². The Morgan fingerprint density at radius 3 is 2.56 bits per heavy atom. The van der Waals surface area contributed by atoms with Crippen molar-refractivity contribution in [1.29, 1.82) is 0 Å². The molecule has 1 rings (SSSR count). The summed E-state index contributed by atoms with van der Waals surface area (Å²) in [5.74, 6) is -0.325. The molecular formula is C12H14BrNO4. The van der Waals surface area contributed by atoms with Gasteiger partial charge in [-0.05, 0) is 28.9 Å². The fourth-order valence-electron chi connectivity index (χ4n) is 1.38. The highest BCUT2D eigenvalue weighted by molar-refractivity contribution is 9.10. The van der Waals surface area contributed by atoms with Crippen LogP contribution in [-0.2, 0) is 9.53 Å². The van der Waals surface area contributed by atoms with E-state index in [0.29, 0.717) is 28.1 Å². The number of hydrogen-bond donors (Lipinski definition) is 1. The number of nitrogens with one attached hydrogen (secondary N) is 1. The second kappa shape index (κ2) is 6.39. The second-order valence-corrected chi connectivity index (χ2v) is 4.29. The Hall–Kier alpha value is -1.56. The molecule has 6 heteroatoms. The summed E-state index contributed by atoms with van der Waals surface area (Å²) in [5, 5.41) is 2.64. The van der Waals surface area contributed by atoms with E-state index in [1.165, 1.54) is 14.0 Å². The maximum atomic E-state index is 11.6. The molecule has 0 atom stereocenters. The first-order valence-electron chi connectivity index (χ1n) is 5.31. The summed E-state index contributed by atoms with van der Waals surface area (Å²) in [6.45, 7) is 3.62. The predicted molar refractivity (Wildman–Crippen MR) is 71.0 cm³/mol. The topological polar surface area (TPSA) is 64.6 Å². The molecule has 0 saturated carbocycles. The minimum Gasteiger partial charge on any atom is -0.493 e. The van der Waals surface area contributed by atoms with E-state index in [1.54, 1.807) is 19.1 Å². The molecule has 98 valence electrons. The van der Waals surface area contributed by atoms with E-state index < -0.39 is 5.97 Å². The van der Waals surface area contributed by atoms with Crippen molar-refractivity contribution < 1.29 is 19.1 Å². The lowest BCUT2D eigenvalue weighted by atomic mass is 10.2. The third-order valence-corrected chi connectivity index (χ3v) is 2.74. The van der Waals surface area contributed by atoms with Gasteiger partial charge in [0.25, 0.3) is 0 Å². The number of anilines is 1. The van der Waals surface area contributed by atoms with E-state index in [-0.39, 0.29) is 5.91 Å². The minimum atomic E-state index is -0.492. The molecular weight excluding hydrogens is 302 g/mol. The van der Waals surface area contributed by atoms with Gasteiger partial charge in [0, 0.05) is 17.5 Å². The molecule has 1 N–H and O–H groups in total. The van der Waals surface area contributed by atoms with Gasteiger partial charge in [-0.1, -0.05) is 0 Å². The van der Waals surface area contributed by atoms with Crippen LogP contribution in [0.25, 0.3) is 0 Å². The summed E-state index contributed by atoms with van der Waals surface area (Å²) >= 11 is 3.28. The fourth-order valence-corrected chi connectivity index (χ4v) is 1.83. The molecule has 0 spiro atoms. The normalized spacial score (nSPS) is 9.78. The summed E-state index contributed by atoms with van der Waals surface area (Å²) < 4.78 is 10.6. The largest absolute Gasteiger partial charge is 0.493 e. The molecule has 0 aliphatic heterocycles. The molecule has 5 nitrogen and oxygen atoms in total. The van der Waals surface area contributed by atoms with Crippen LogP contribution >= 0.6 is 15.9 Å². The lowest BCUT2D eigenvalue weighted by Gasteiger charge is -2.13. The SMILES string of the molecule is CCOc1cc(NC(C)=O)c(Br)cc1C(=O)OC. The monoisotopic (exact) mass is 315 g/mol. The first-order valence-corrected chi connectivity index (χ1v) is 6.11. The van der Waals surface area contributed by atoms with Crippen molar-refractivity contribution in [3.05, 3.63) is 22.2 Å². The highest BCUT2D eigenvalue weighted by Crippen LogP contribution is 2.31. The summed E-state index contributed by atoms with van der Waals surface area (Å²) in [6.07, 6.45) is 0. The third kappa shape index (κ3) is 3.46. The van der Waals surface area contributed by atoms with E-state index in [9.17, 15) is 9.59 Å². The van der Waals surface area contributed by atoms with Crippen LogP contribution in [0.4, 0.5) is 5.69 Å². The number of carbonyl (C=O) groups is 2. The van der Waals surface area contributed by atoms with Crippen LogP contribution in [0.1, 0.15) is 24.2 Å². The van der Waals surface area contributed by atoms with Crippen LogP contribution in [0.3, 0.4) is 0 Å². The molecule has 1 aromatic carbocycles. The van der Waals surface area contributed by atoms with Crippen molar-refractivity contribution in [3.8, 4) is 5.75 Å². The van der Waals surface area contributed by atoms with Crippen LogP contribution in [0, 0.1) is 0 Å². The molecule has 0 radical (unpaired) electrons. The van der Waals surface area contributed by atoms with Crippen molar-refractivity contribution in [3.63, 3.8) is 0 Å². The highest BCUT2D eigenvalue weighted by atomic mass is 79.9. The predicted octanol–water partition coefficient (Wildman–Crippen LogP) is 2.59. The molecule has 1 aromatic rings. The Balaban J connectivity index is 3.24. The molecule has 0 heterocycles. The van der Waals surface area contributed by atoms with Gasteiger partial charge in [-0.25, -0.2) is 4.79 Å². The first-order chi connectivity index (χ1) is 8.49. The Labute approximate surface area is 114 Å². The number of benzene rings is 1. The molecule has 0 saturated heterocycles. The Morgan fingerprint density at radius 1 is 1.39 bits per heavy atom. The number of hydrogen-bond acceptors (Lipinski definition) is 4. The molecule has 1 amide bonds. The summed E-state index contributed by atoms with van der Waals surface area (Å²) in [7, 11) is 1.30. The number of ether oxygens (including phenoxy) is 2. The number of esters is 1. The van der Waals surface area contributed by atoms with E-state index >= 15 is 0 Å². The summed E-state index contributed by atoms with van der Waals surface area (Å²) in [5.41, 5.74) is 0.846. The van der Waals surface area contributed by atoms with Gasteiger partial charge in [-0.15, -0.1) is 0 Å². The van der Waals surface area contributed by atoms with Crippen LogP contribution in [0.15, 0.2) is 16.6 Å². The molecule has 18 heavy (non-hydrogen) atoms. The molecule has 0 bridgehead atoms. The van der Waals surface area contributed by atoms with E-state index in [4.69, 9.17) is 4.74 Å². The van der Waals surface area contributed by atoms with Gasteiger partial charge in [0.05, 0.1) is 19.4 Å². The van der Waals surface area contributed by atoms with Crippen molar-refractivity contribution in [1.82, 2.24) is 0 Å². The van der Waals surface area contributed by atoms with E-state index in [2.05, 4.69) is 26.0 Å². The molecule has 0 aliphatic carbocycles. The van der Waals surface area contributed by atoms with Crippen molar-refractivity contribution in [2.24, 2.45) is 0 Å². The van der Waals surface area contributed by atoms with Gasteiger partial charge >= 0.3 is 5.97 Å². The lowest BCUT2D eigenvalue weighted by Crippen LogP contribution is -2.10. The van der Waals surface area contributed by atoms with Gasteiger partial charge in [0.1, 0.15) is 11.3 Å². The zero-order valence-corrected chi connectivity index (χ0v) is 12.0. The van der Waals surface area contributed by atoms with Crippen LogP contribution in [0.2, 0.25) is 0 Å². The van der Waals surface area contributed by atoms with Gasteiger partial charge in [-0.2, -0.15) is 0 Å². The summed E-state index contributed by atoms with van der Waals surface area (Å²) in [6, 6.07) is 3.14. The zero-order valence-electron chi connectivity index (χ0n) is 10.4. The minimum absolute atomic E-state index is 0.205. The van der Waals surface area contributed by atoms with Gasteiger partial charge in [0.15, 0.2) is 0 Å². The van der Waals surface area contributed by atoms with Crippen LogP contribution in [-0.4, -0.2) is 25.6 Å². The van der Waals surface area contributed by atoms with Crippen molar-refractivity contribution >= 4 is 33.5 Å². The first kappa shape index (κ1) is 14.5. The standard InChI is InChI=1S/C12H14BrNO4/c1-4-18-11-6-10(14-7(2)15)9(13)5-8(11)12(16)17-3/h5-6H,4H2,1-3H3,(H,14,15). The number of rotatable bonds is 4. The number of methoxy groups -OCH3 is 1. The van der Waals surface area contributed by atoms with Crippen molar-refractivity contribution in [2.75, 3.05) is 19.0 Å². The molecule has 0 unspecified atom stereocenters. The van der Waals surface area contributed by atoms with Crippen molar-refractivity contribution in [2.45, 2.75) is 13.8 Å². The average molecular weight is 316 g/mol. The van der Waals surface area contributed by atoms with Crippen LogP contribution < -0.4 is 10.1 Å². The highest BCUT2D eigenvalue weighted by Gasteiger charge is 2.16. The van der Waals surface area contributed by atoms with Gasteiger partial charge in [-0.3, -0.25) is 4.79 Å². The maximum absolute atomic E-state index is 11.6. The number of carbonyl (C=O) groups excluding carboxylic acids is 2. The van der Waals surface area contributed by atoms with Gasteiger partial charge in [0.2, 0.25) is 5.91 Å². The maximum Gasteiger partial charge on any atom is 0.341 e.